The van der Waals surface area contributed by atoms with E-state index in [0.29, 0.717) is 0 Å². The number of carbonyl (C=O) groups is 2. The third kappa shape index (κ3) is 4.23. The number of rotatable bonds is 3. The third-order valence-electron chi connectivity index (χ3n) is 5.97. The second-order valence-electron chi connectivity index (χ2n) is 10.5. The summed E-state index contributed by atoms with van der Waals surface area (Å²) in [6, 6.07) is 18.3. The predicted molar refractivity (Wildman–Crippen MR) is 131 cm³/mol. The highest BCUT2D eigenvalue weighted by Crippen LogP contribution is 2.35. The molecule has 33 heavy (non-hydrogen) atoms. The SMILES string of the molecule is CC(C)(C)c1ccc2c(c1)c1cc(C(C)(C)C)ccc1n2OC(=O)c1cccc(C(=O)O)c1. The molecule has 1 aromatic heterocycles. The third-order valence-corrected chi connectivity index (χ3v) is 5.97. The lowest BCUT2D eigenvalue weighted by molar-refractivity contribution is 0.0501. The van der Waals surface area contributed by atoms with E-state index >= 15 is 0 Å². The molecule has 0 bridgehead atoms. The number of fused-ring (bicyclic) bond motifs is 3. The Morgan fingerprint density at radius 1 is 0.727 bits per heavy atom. The quantitative estimate of drug-likeness (QED) is 0.400. The summed E-state index contributed by atoms with van der Waals surface area (Å²) in [5.74, 6) is -1.71. The van der Waals surface area contributed by atoms with Crippen LogP contribution in [0, 0.1) is 0 Å². The first kappa shape index (κ1) is 22.6. The van der Waals surface area contributed by atoms with Crippen molar-refractivity contribution in [3.63, 3.8) is 0 Å². The summed E-state index contributed by atoms with van der Waals surface area (Å²) >= 11 is 0. The molecule has 3 aromatic carbocycles. The average Bonchev–Trinajstić information content (AvgIpc) is 3.05. The van der Waals surface area contributed by atoms with E-state index in [1.807, 2.05) is 12.1 Å². The van der Waals surface area contributed by atoms with E-state index in [-0.39, 0.29) is 22.0 Å². The standard InChI is InChI=1S/C28H29NO4/c1-27(2,3)19-10-12-23-21(15-19)22-16-20(28(4,5)6)11-13-24(22)29(23)33-26(32)18-9-7-8-17(14-18)25(30)31/h7-16H,1-6H3,(H,30,31). The van der Waals surface area contributed by atoms with Crippen molar-refractivity contribution < 1.29 is 19.5 Å². The number of carboxylic acid groups (broad SMARTS) is 1. The first-order valence-electron chi connectivity index (χ1n) is 11.0. The monoisotopic (exact) mass is 443 g/mol. The summed E-state index contributed by atoms with van der Waals surface area (Å²) in [5, 5.41) is 11.3. The van der Waals surface area contributed by atoms with Gasteiger partial charge in [0.1, 0.15) is 0 Å². The molecule has 1 N–H and O–H groups in total. The molecular weight excluding hydrogens is 414 g/mol. The van der Waals surface area contributed by atoms with Crippen molar-refractivity contribution >= 4 is 33.7 Å². The summed E-state index contributed by atoms with van der Waals surface area (Å²) in [6.45, 7) is 13.0. The summed E-state index contributed by atoms with van der Waals surface area (Å²) in [4.78, 5) is 30.1. The number of aromatic nitrogens is 1. The van der Waals surface area contributed by atoms with E-state index in [1.165, 1.54) is 29.3 Å². The number of benzene rings is 3. The van der Waals surface area contributed by atoms with Crippen molar-refractivity contribution in [2.75, 3.05) is 0 Å². The minimum Gasteiger partial charge on any atom is -0.478 e. The summed E-state index contributed by atoms with van der Waals surface area (Å²) in [5.41, 5.74) is 4.11. The highest BCUT2D eigenvalue weighted by molar-refractivity contribution is 6.09. The van der Waals surface area contributed by atoms with Crippen LogP contribution in [0.1, 0.15) is 73.4 Å². The molecular formula is C28H29NO4. The van der Waals surface area contributed by atoms with Gasteiger partial charge in [-0.2, -0.15) is 4.73 Å². The van der Waals surface area contributed by atoms with Gasteiger partial charge in [-0.3, -0.25) is 0 Å². The van der Waals surface area contributed by atoms with Crippen LogP contribution in [0.4, 0.5) is 0 Å². The van der Waals surface area contributed by atoms with E-state index in [4.69, 9.17) is 4.84 Å². The van der Waals surface area contributed by atoms with Crippen molar-refractivity contribution in [1.29, 1.82) is 0 Å². The molecule has 0 aliphatic rings. The fourth-order valence-corrected chi connectivity index (χ4v) is 3.93. The number of nitrogens with zero attached hydrogens (tertiary/aromatic N) is 1. The maximum atomic E-state index is 13.0. The van der Waals surface area contributed by atoms with Gasteiger partial charge in [0, 0.05) is 10.8 Å². The Kier molecular flexibility index (Phi) is 5.32. The van der Waals surface area contributed by atoms with Gasteiger partial charge < -0.3 is 9.94 Å². The first-order chi connectivity index (χ1) is 15.4. The minimum atomic E-state index is -1.09. The van der Waals surface area contributed by atoms with Crippen LogP contribution in [0.25, 0.3) is 21.8 Å². The maximum Gasteiger partial charge on any atom is 0.363 e. The first-order valence-corrected chi connectivity index (χ1v) is 11.0. The van der Waals surface area contributed by atoms with Gasteiger partial charge >= 0.3 is 11.9 Å². The molecule has 0 aliphatic carbocycles. The second kappa shape index (κ2) is 7.77. The zero-order valence-electron chi connectivity index (χ0n) is 19.9. The maximum absolute atomic E-state index is 13.0. The fourth-order valence-electron chi connectivity index (χ4n) is 3.93. The van der Waals surface area contributed by atoms with E-state index < -0.39 is 11.9 Å². The topological polar surface area (TPSA) is 68.5 Å². The molecule has 4 aromatic rings. The highest BCUT2D eigenvalue weighted by Gasteiger charge is 2.22. The van der Waals surface area contributed by atoms with Crippen LogP contribution in [0.2, 0.25) is 0 Å². The Morgan fingerprint density at radius 2 is 1.21 bits per heavy atom. The fraction of sp³-hybridized carbons (Fsp3) is 0.286. The van der Waals surface area contributed by atoms with Gasteiger partial charge in [-0.1, -0.05) is 59.7 Å². The molecule has 4 rings (SSSR count). The molecule has 0 unspecified atom stereocenters. The molecule has 170 valence electrons. The molecule has 5 heteroatoms. The minimum absolute atomic E-state index is 0.0296. The Hall–Kier alpha value is -3.60. The molecule has 1 heterocycles. The van der Waals surface area contributed by atoms with Crippen LogP contribution in [0.5, 0.6) is 0 Å². The molecule has 0 fully saturated rings. The van der Waals surface area contributed by atoms with Crippen LogP contribution in [0.3, 0.4) is 0 Å². The van der Waals surface area contributed by atoms with E-state index in [1.54, 1.807) is 10.8 Å². The van der Waals surface area contributed by atoms with Gasteiger partial charge in [-0.25, -0.2) is 9.59 Å². The van der Waals surface area contributed by atoms with Crippen LogP contribution in [0.15, 0.2) is 60.7 Å². The molecule has 0 saturated carbocycles. The molecule has 0 atom stereocenters. The van der Waals surface area contributed by atoms with E-state index in [2.05, 4.69) is 65.8 Å². The van der Waals surface area contributed by atoms with Crippen LogP contribution < -0.4 is 4.84 Å². The van der Waals surface area contributed by atoms with Gasteiger partial charge in [-0.05, 0) is 64.4 Å². The van der Waals surface area contributed by atoms with Crippen molar-refractivity contribution in [2.24, 2.45) is 0 Å². The lowest BCUT2D eigenvalue weighted by Gasteiger charge is -2.19. The van der Waals surface area contributed by atoms with E-state index in [9.17, 15) is 14.7 Å². The van der Waals surface area contributed by atoms with Gasteiger partial charge in [0.2, 0.25) is 0 Å². The largest absolute Gasteiger partial charge is 0.478 e. The van der Waals surface area contributed by atoms with Crippen molar-refractivity contribution in [3.05, 3.63) is 82.9 Å². The molecule has 0 aliphatic heterocycles. The average molecular weight is 444 g/mol. The zero-order chi connectivity index (χ0) is 24.1. The highest BCUT2D eigenvalue weighted by atomic mass is 16.7. The number of hydrogen-bond donors (Lipinski definition) is 1. The summed E-state index contributed by atoms with van der Waals surface area (Å²) in [6.07, 6.45) is 0. The Morgan fingerprint density at radius 3 is 1.67 bits per heavy atom. The molecule has 0 radical (unpaired) electrons. The smallest absolute Gasteiger partial charge is 0.363 e. The van der Waals surface area contributed by atoms with Crippen LogP contribution in [-0.2, 0) is 10.8 Å². The molecule has 0 amide bonds. The van der Waals surface area contributed by atoms with Crippen molar-refractivity contribution in [1.82, 2.24) is 4.73 Å². The summed E-state index contributed by atoms with van der Waals surface area (Å²) in [7, 11) is 0. The van der Waals surface area contributed by atoms with Gasteiger partial charge in [0.15, 0.2) is 0 Å². The summed E-state index contributed by atoms with van der Waals surface area (Å²) < 4.78 is 1.55. The van der Waals surface area contributed by atoms with Gasteiger partial charge in [-0.15, -0.1) is 0 Å². The Bertz CT molecular complexity index is 1330. The second-order valence-corrected chi connectivity index (χ2v) is 10.5. The molecule has 0 saturated heterocycles. The number of aromatic carboxylic acids is 1. The predicted octanol–water partition coefficient (Wildman–Crippen LogP) is 6.36. The Balaban J connectivity index is 1.90. The lowest BCUT2D eigenvalue weighted by Crippen LogP contribution is -2.20. The van der Waals surface area contributed by atoms with Gasteiger partial charge in [0.25, 0.3) is 0 Å². The zero-order valence-corrected chi connectivity index (χ0v) is 19.9. The van der Waals surface area contributed by atoms with Crippen molar-refractivity contribution in [3.8, 4) is 0 Å². The number of carboxylic acids is 1. The Labute approximate surface area is 193 Å². The van der Waals surface area contributed by atoms with Gasteiger partial charge in [0.05, 0.1) is 22.2 Å². The van der Waals surface area contributed by atoms with Crippen LogP contribution in [-0.4, -0.2) is 21.8 Å². The molecule has 5 nitrogen and oxygen atoms in total. The number of hydrogen-bond acceptors (Lipinski definition) is 3. The van der Waals surface area contributed by atoms with Crippen LogP contribution >= 0.6 is 0 Å². The number of carbonyl (C=O) groups excluding carboxylic acids is 1. The van der Waals surface area contributed by atoms with E-state index in [0.717, 1.165) is 21.8 Å². The normalized spacial score (nSPS) is 12.3. The molecule has 0 spiro atoms. The van der Waals surface area contributed by atoms with Crippen molar-refractivity contribution in [2.45, 2.75) is 52.4 Å². The lowest BCUT2D eigenvalue weighted by atomic mass is 9.85.